The predicted molar refractivity (Wildman–Crippen MR) is 115 cm³/mol. The molecule has 1 fully saturated rings. The fourth-order valence-electron chi connectivity index (χ4n) is 3.86. The van der Waals surface area contributed by atoms with E-state index in [4.69, 9.17) is 4.74 Å². The van der Waals surface area contributed by atoms with E-state index in [9.17, 15) is 4.79 Å². The lowest BCUT2D eigenvalue weighted by Gasteiger charge is -2.36. The van der Waals surface area contributed by atoms with Crippen molar-refractivity contribution in [2.45, 2.75) is 25.4 Å². The monoisotopic (exact) mass is 405 g/mol. The number of hydrogen-bond donors (Lipinski definition) is 0. The highest BCUT2D eigenvalue weighted by Crippen LogP contribution is 2.22. The van der Waals surface area contributed by atoms with E-state index in [1.54, 1.807) is 24.2 Å². The molecule has 1 saturated heterocycles. The molecule has 1 aliphatic heterocycles. The van der Waals surface area contributed by atoms with Crippen LogP contribution in [-0.2, 0) is 6.54 Å². The Morgan fingerprint density at radius 2 is 1.90 bits per heavy atom. The van der Waals surface area contributed by atoms with Gasteiger partial charge in [-0.1, -0.05) is 6.07 Å². The molecule has 0 atom stereocenters. The van der Waals surface area contributed by atoms with Crippen LogP contribution in [0.4, 0.5) is 4.79 Å². The summed E-state index contributed by atoms with van der Waals surface area (Å²) in [6.45, 7) is 2.78. The lowest BCUT2D eigenvalue weighted by molar-refractivity contribution is 0.131. The molecule has 0 bridgehead atoms. The number of nitrogens with zero attached hydrogens (tertiary/aromatic N) is 5. The van der Waals surface area contributed by atoms with E-state index in [0.29, 0.717) is 0 Å². The maximum Gasteiger partial charge on any atom is 0.329 e. The average molecular weight is 406 g/mol. The highest BCUT2D eigenvalue weighted by Gasteiger charge is 2.26. The standard InChI is InChI=1S/C23H27N5O2/c1-26(20-10-13-27(14-11-20)15-19-5-3-4-12-24-19)23(29)28-16-22(25-17-28)18-6-8-21(30-2)9-7-18/h3-9,12,16-17,20H,10-11,13-15H2,1-2H3. The number of pyridine rings is 1. The van der Waals surface area contributed by atoms with Gasteiger partial charge in [-0.15, -0.1) is 0 Å². The third kappa shape index (κ3) is 4.52. The van der Waals surface area contributed by atoms with Crippen LogP contribution in [0.5, 0.6) is 5.75 Å². The molecule has 1 aromatic carbocycles. The van der Waals surface area contributed by atoms with Crippen molar-refractivity contribution < 1.29 is 9.53 Å². The molecule has 7 nitrogen and oxygen atoms in total. The zero-order valence-electron chi connectivity index (χ0n) is 17.4. The fraction of sp³-hybridized carbons (Fsp3) is 0.348. The summed E-state index contributed by atoms with van der Waals surface area (Å²) in [5.74, 6) is 0.795. The normalized spacial score (nSPS) is 15.1. The van der Waals surface area contributed by atoms with Crippen molar-refractivity contribution in [2.75, 3.05) is 27.2 Å². The van der Waals surface area contributed by atoms with E-state index >= 15 is 0 Å². The zero-order chi connectivity index (χ0) is 20.9. The first-order valence-corrected chi connectivity index (χ1v) is 10.2. The number of aromatic nitrogens is 3. The fourth-order valence-corrected chi connectivity index (χ4v) is 3.86. The second-order valence-electron chi connectivity index (χ2n) is 7.62. The van der Waals surface area contributed by atoms with Crippen LogP contribution in [0, 0.1) is 0 Å². The van der Waals surface area contributed by atoms with Gasteiger partial charge in [-0.25, -0.2) is 9.78 Å². The Hall–Kier alpha value is -3.19. The molecule has 0 aliphatic carbocycles. The molecular weight excluding hydrogens is 378 g/mol. The number of amides is 1. The Kier molecular flexibility index (Phi) is 6.09. The summed E-state index contributed by atoms with van der Waals surface area (Å²) < 4.78 is 6.76. The third-order valence-electron chi connectivity index (χ3n) is 5.71. The summed E-state index contributed by atoms with van der Waals surface area (Å²) in [7, 11) is 3.52. The molecule has 7 heteroatoms. The SMILES string of the molecule is COc1ccc(-c2cn(C(=O)N(C)C3CCN(Cc4ccccn4)CC3)cn2)cc1. The third-order valence-corrected chi connectivity index (χ3v) is 5.71. The smallest absolute Gasteiger partial charge is 0.329 e. The van der Waals surface area contributed by atoms with Gasteiger partial charge in [0.25, 0.3) is 0 Å². The number of ether oxygens (including phenoxy) is 1. The number of carbonyl (C=O) groups is 1. The van der Waals surface area contributed by atoms with Crippen molar-refractivity contribution in [1.29, 1.82) is 0 Å². The Bertz CT molecular complexity index is 963. The summed E-state index contributed by atoms with van der Waals surface area (Å²) in [4.78, 5) is 26.0. The number of hydrogen-bond acceptors (Lipinski definition) is 5. The number of piperidine rings is 1. The van der Waals surface area contributed by atoms with E-state index in [1.807, 2.05) is 54.5 Å². The second-order valence-corrected chi connectivity index (χ2v) is 7.62. The molecule has 156 valence electrons. The summed E-state index contributed by atoms with van der Waals surface area (Å²) in [6, 6.07) is 13.9. The Morgan fingerprint density at radius 1 is 1.13 bits per heavy atom. The zero-order valence-corrected chi connectivity index (χ0v) is 17.4. The molecule has 1 aliphatic rings. The lowest BCUT2D eigenvalue weighted by atomic mass is 10.0. The van der Waals surface area contributed by atoms with Gasteiger partial charge in [0.1, 0.15) is 12.1 Å². The van der Waals surface area contributed by atoms with Crippen LogP contribution in [0.2, 0.25) is 0 Å². The maximum atomic E-state index is 13.0. The Labute approximate surface area is 176 Å². The molecule has 0 radical (unpaired) electrons. The lowest BCUT2D eigenvalue weighted by Crippen LogP contribution is -2.46. The van der Waals surface area contributed by atoms with Gasteiger partial charge in [0.15, 0.2) is 0 Å². The van der Waals surface area contributed by atoms with Crippen LogP contribution in [-0.4, -0.2) is 63.7 Å². The number of methoxy groups -OCH3 is 1. The van der Waals surface area contributed by atoms with Crippen molar-refractivity contribution in [3.63, 3.8) is 0 Å². The summed E-state index contributed by atoms with van der Waals surface area (Å²) in [5.41, 5.74) is 2.81. The van der Waals surface area contributed by atoms with E-state index < -0.39 is 0 Å². The highest BCUT2D eigenvalue weighted by atomic mass is 16.5. The van der Waals surface area contributed by atoms with Gasteiger partial charge in [-0.05, 0) is 49.2 Å². The summed E-state index contributed by atoms with van der Waals surface area (Å²) in [5, 5.41) is 0. The molecule has 3 heterocycles. The van der Waals surface area contributed by atoms with E-state index in [2.05, 4.69) is 20.9 Å². The molecule has 0 N–H and O–H groups in total. The van der Waals surface area contributed by atoms with Crippen molar-refractivity contribution in [3.8, 4) is 17.0 Å². The molecule has 0 spiro atoms. The first-order chi connectivity index (χ1) is 14.6. The largest absolute Gasteiger partial charge is 0.497 e. The van der Waals surface area contributed by atoms with E-state index in [-0.39, 0.29) is 12.1 Å². The van der Waals surface area contributed by atoms with Crippen LogP contribution in [0.1, 0.15) is 18.5 Å². The maximum absolute atomic E-state index is 13.0. The van der Waals surface area contributed by atoms with Crippen molar-refractivity contribution in [1.82, 2.24) is 24.3 Å². The number of likely N-dealkylation sites (tertiary alicyclic amines) is 1. The van der Waals surface area contributed by atoms with Crippen molar-refractivity contribution >= 4 is 6.03 Å². The number of rotatable bonds is 5. The van der Waals surface area contributed by atoms with Crippen LogP contribution >= 0.6 is 0 Å². The first-order valence-electron chi connectivity index (χ1n) is 10.2. The number of carbonyl (C=O) groups excluding carboxylic acids is 1. The van der Waals surface area contributed by atoms with Crippen molar-refractivity contribution in [3.05, 3.63) is 66.9 Å². The minimum Gasteiger partial charge on any atom is -0.497 e. The summed E-state index contributed by atoms with van der Waals surface area (Å²) in [6.07, 6.45) is 7.12. The van der Waals surface area contributed by atoms with Gasteiger partial charge >= 0.3 is 6.03 Å². The van der Waals surface area contributed by atoms with Crippen LogP contribution in [0.3, 0.4) is 0 Å². The molecule has 2 aromatic heterocycles. The molecule has 3 aromatic rings. The van der Waals surface area contributed by atoms with Gasteiger partial charge in [0.05, 0.1) is 18.5 Å². The van der Waals surface area contributed by atoms with E-state index in [1.165, 1.54) is 0 Å². The molecule has 1 amide bonds. The van der Waals surface area contributed by atoms with Crippen LogP contribution in [0.25, 0.3) is 11.3 Å². The molecule has 30 heavy (non-hydrogen) atoms. The Balaban J connectivity index is 1.34. The topological polar surface area (TPSA) is 63.5 Å². The second kappa shape index (κ2) is 9.09. The van der Waals surface area contributed by atoms with Gasteiger partial charge in [0, 0.05) is 50.7 Å². The van der Waals surface area contributed by atoms with Crippen molar-refractivity contribution in [2.24, 2.45) is 0 Å². The Morgan fingerprint density at radius 3 is 2.57 bits per heavy atom. The minimum absolute atomic E-state index is 0.0505. The summed E-state index contributed by atoms with van der Waals surface area (Å²) >= 11 is 0. The average Bonchev–Trinajstić information content (AvgIpc) is 3.30. The molecule has 0 saturated carbocycles. The number of imidazole rings is 1. The van der Waals surface area contributed by atoms with Crippen LogP contribution < -0.4 is 4.74 Å². The minimum atomic E-state index is -0.0505. The van der Waals surface area contributed by atoms with Crippen LogP contribution in [0.15, 0.2) is 61.2 Å². The van der Waals surface area contributed by atoms with Gasteiger partial charge in [-0.3, -0.25) is 14.5 Å². The van der Waals surface area contributed by atoms with E-state index in [0.717, 1.165) is 55.2 Å². The molecule has 0 unspecified atom stereocenters. The highest BCUT2D eigenvalue weighted by molar-refractivity contribution is 5.78. The van der Waals surface area contributed by atoms with Gasteiger partial charge in [-0.2, -0.15) is 0 Å². The number of benzene rings is 1. The first kappa shape index (κ1) is 20.1. The molecular formula is C23H27N5O2. The quantitative estimate of drug-likeness (QED) is 0.650. The molecule has 4 rings (SSSR count). The van der Waals surface area contributed by atoms with Gasteiger partial charge in [0.2, 0.25) is 0 Å². The predicted octanol–water partition coefficient (Wildman–Crippen LogP) is 3.52. The van der Waals surface area contributed by atoms with Gasteiger partial charge < -0.3 is 9.64 Å².